The molecule has 0 amide bonds. The smallest absolute Gasteiger partial charge is 0.0918 e. The molecule has 1 aromatic heterocycles. The highest BCUT2D eigenvalue weighted by Crippen LogP contribution is 2.23. The van der Waals surface area contributed by atoms with Crippen LogP contribution >= 0.6 is 0 Å². The first-order chi connectivity index (χ1) is 13.6. The quantitative estimate of drug-likeness (QED) is 0.686. The van der Waals surface area contributed by atoms with E-state index in [1.807, 2.05) is 6.21 Å². The van der Waals surface area contributed by atoms with Crippen LogP contribution in [0, 0.1) is 6.92 Å². The summed E-state index contributed by atoms with van der Waals surface area (Å²) in [5, 5.41) is 8.21. The molecule has 0 radical (unpaired) electrons. The number of piperidine rings is 1. The predicted molar refractivity (Wildman–Crippen MR) is 117 cm³/mol. The van der Waals surface area contributed by atoms with Crippen LogP contribution in [0.3, 0.4) is 0 Å². The second kappa shape index (κ2) is 7.97. The molecular weight excluding hydrogens is 346 g/mol. The molecular formula is C23H29N5. The Hall–Kier alpha value is -2.95. The van der Waals surface area contributed by atoms with Gasteiger partial charge in [-0.05, 0) is 43.4 Å². The van der Waals surface area contributed by atoms with Gasteiger partial charge < -0.3 is 20.5 Å². The molecule has 3 N–H and O–H groups in total. The van der Waals surface area contributed by atoms with Crippen LogP contribution in [0.5, 0.6) is 0 Å². The fraction of sp³-hybridized carbons (Fsp3) is 0.348. The second-order valence-electron chi connectivity index (χ2n) is 7.73. The number of aliphatic imine (C=N–C) groups is 1. The Bertz CT molecular complexity index is 949. The third-order valence-electron chi connectivity index (χ3n) is 5.45. The maximum atomic E-state index is 4.42. The number of aromatic amines is 1. The van der Waals surface area contributed by atoms with Gasteiger partial charge in [-0.15, -0.1) is 0 Å². The van der Waals surface area contributed by atoms with E-state index in [-0.39, 0.29) is 0 Å². The van der Waals surface area contributed by atoms with E-state index in [9.17, 15) is 0 Å². The van der Waals surface area contributed by atoms with Gasteiger partial charge in [0.15, 0.2) is 0 Å². The van der Waals surface area contributed by atoms with Crippen molar-refractivity contribution in [2.45, 2.75) is 38.8 Å². The molecule has 2 aliphatic heterocycles. The van der Waals surface area contributed by atoms with Gasteiger partial charge in [0.05, 0.1) is 23.8 Å². The standard InChI is InChI=1S/C23H29N5/c1-16-8-9-23-19(12-16)13-21(27-23)14-25-18(3)26-20-6-5-11-28(15-20)17(2)22-7-4-10-24-22/h7-10,12-13,20,25-27H,2-6,11,14-15H2,1H3. The minimum Gasteiger partial charge on any atom is -0.368 e. The maximum absolute atomic E-state index is 4.42. The van der Waals surface area contributed by atoms with Crippen LogP contribution in [-0.4, -0.2) is 35.2 Å². The van der Waals surface area contributed by atoms with E-state index in [0.29, 0.717) is 6.04 Å². The van der Waals surface area contributed by atoms with Gasteiger partial charge in [0.1, 0.15) is 0 Å². The number of H-pyrrole nitrogens is 1. The largest absolute Gasteiger partial charge is 0.368 e. The lowest BCUT2D eigenvalue weighted by molar-refractivity contribution is 0.244. The van der Waals surface area contributed by atoms with Crippen LogP contribution in [0.25, 0.3) is 10.9 Å². The molecule has 28 heavy (non-hydrogen) atoms. The van der Waals surface area contributed by atoms with Crippen molar-refractivity contribution >= 4 is 17.1 Å². The lowest BCUT2D eigenvalue weighted by Gasteiger charge is -2.36. The molecule has 1 saturated heterocycles. The van der Waals surface area contributed by atoms with Crippen LogP contribution in [0.4, 0.5) is 0 Å². The second-order valence-corrected chi connectivity index (χ2v) is 7.73. The van der Waals surface area contributed by atoms with Gasteiger partial charge >= 0.3 is 0 Å². The molecule has 1 aromatic carbocycles. The Kier molecular flexibility index (Phi) is 5.24. The zero-order chi connectivity index (χ0) is 19.5. The molecule has 2 aliphatic rings. The SMILES string of the molecule is C=C(NCc1cc2cc(C)ccc2[nH]1)NC1CCCN(C(=C)C2=CCC=N2)C1. The molecule has 4 rings (SSSR count). The summed E-state index contributed by atoms with van der Waals surface area (Å²) in [6, 6.07) is 9.03. The lowest BCUT2D eigenvalue weighted by atomic mass is 10.0. The summed E-state index contributed by atoms with van der Waals surface area (Å²) in [5.41, 5.74) is 5.66. The summed E-state index contributed by atoms with van der Waals surface area (Å²) in [5.74, 6) is 0.866. The Morgan fingerprint density at radius 2 is 2.21 bits per heavy atom. The Labute approximate surface area is 166 Å². The summed E-state index contributed by atoms with van der Waals surface area (Å²) in [6.07, 6.45) is 7.28. The third-order valence-corrected chi connectivity index (χ3v) is 5.45. The molecule has 1 fully saturated rings. The van der Waals surface area contributed by atoms with Crippen molar-refractivity contribution in [3.63, 3.8) is 0 Å². The predicted octanol–water partition coefficient (Wildman–Crippen LogP) is 3.96. The number of benzene rings is 1. The zero-order valence-corrected chi connectivity index (χ0v) is 16.6. The van der Waals surface area contributed by atoms with Gasteiger partial charge in [-0.1, -0.05) is 30.9 Å². The highest BCUT2D eigenvalue weighted by Gasteiger charge is 2.22. The van der Waals surface area contributed by atoms with Crippen LogP contribution in [0.15, 0.2) is 65.7 Å². The summed E-state index contributed by atoms with van der Waals surface area (Å²) in [7, 11) is 0. The van der Waals surface area contributed by atoms with E-state index in [2.05, 4.69) is 75.9 Å². The van der Waals surface area contributed by atoms with Gasteiger partial charge in [0, 0.05) is 43.0 Å². The van der Waals surface area contributed by atoms with Gasteiger partial charge in [-0.25, -0.2) is 0 Å². The number of nitrogens with one attached hydrogen (secondary N) is 3. The highest BCUT2D eigenvalue weighted by atomic mass is 15.2. The average molecular weight is 376 g/mol. The Morgan fingerprint density at radius 3 is 3.04 bits per heavy atom. The number of likely N-dealkylation sites (tertiary alicyclic amines) is 1. The number of nitrogens with zero attached hydrogens (tertiary/aromatic N) is 2. The van der Waals surface area contributed by atoms with E-state index in [1.54, 1.807) is 0 Å². The van der Waals surface area contributed by atoms with E-state index in [0.717, 1.165) is 61.8 Å². The topological polar surface area (TPSA) is 55.5 Å². The minimum absolute atomic E-state index is 0.363. The first-order valence-electron chi connectivity index (χ1n) is 10.0. The van der Waals surface area contributed by atoms with Crippen molar-refractivity contribution < 1.29 is 0 Å². The fourth-order valence-electron chi connectivity index (χ4n) is 3.97. The number of hydrogen-bond donors (Lipinski definition) is 3. The normalized spacial score (nSPS) is 19.0. The molecule has 2 aromatic rings. The van der Waals surface area contributed by atoms with Crippen LogP contribution < -0.4 is 10.6 Å². The molecule has 0 bridgehead atoms. The molecule has 0 aliphatic carbocycles. The number of aryl methyl sites for hydroxylation is 1. The van der Waals surface area contributed by atoms with Crippen molar-refractivity contribution in [2.24, 2.45) is 4.99 Å². The van der Waals surface area contributed by atoms with Crippen molar-refractivity contribution in [1.29, 1.82) is 0 Å². The van der Waals surface area contributed by atoms with Gasteiger partial charge in [0.25, 0.3) is 0 Å². The number of aromatic nitrogens is 1. The van der Waals surface area contributed by atoms with E-state index in [1.165, 1.54) is 16.5 Å². The van der Waals surface area contributed by atoms with Crippen molar-refractivity contribution in [1.82, 2.24) is 20.5 Å². The van der Waals surface area contributed by atoms with Crippen molar-refractivity contribution in [3.05, 3.63) is 72.0 Å². The summed E-state index contributed by atoms with van der Waals surface area (Å²) >= 11 is 0. The fourth-order valence-corrected chi connectivity index (χ4v) is 3.97. The molecule has 0 spiro atoms. The Morgan fingerprint density at radius 1 is 1.32 bits per heavy atom. The van der Waals surface area contributed by atoms with E-state index >= 15 is 0 Å². The average Bonchev–Trinajstić information content (AvgIpc) is 3.35. The molecule has 1 atom stereocenters. The molecule has 146 valence electrons. The number of fused-ring (bicyclic) bond motifs is 1. The van der Waals surface area contributed by atoms with E-state index in [4.69, 9.17) is 0 Å². The monoisotopic (exact) mass is 375 g/mol. The molecule has 1 unspecified atom stereocenters. The summed E-state index contributed by atoms with van der Waals surface area (Å²) < 4.78 is 0. The molecule has 5 heteroatoms. The molecule has 0 saturated carbocycles. The first kappa shape index (κ1) is 18.4. The van der Waals surface area contributed by atoms with Crippen molar-refractivity contribution in [2.75, 3.05) is 13.1 Å². The highest BCUT2D eigenvalue weighted by molar-refractivity contribution is 5.81. The summed E-state index contributed by atoms with van der Waals surface area (Å²) in [4.78, 5) is 10.2. The number of allylic oxidation sites excluding steroid dienone is 1. The van der Waals surface area contributed by atoms with Crippen LogP contribution in [0.1, 0.15) is 30.5 Å². The number of hydrogen-bond acceptors (Lipinski definition) is 4. The maximum Gasteiger partial charge on any atom is 0.0918 e. The van der Waals surface area contributed by atoms with Gasteiger partial charge in [-0.2, -0.15) is 0 Å². The number of rotatable bonds is 7. The van der Waals surface area contributed by atoms with Gasteiger partial charge in [-0.3, -0.25) is 4.99 Å². The van der Waals surface area contributed by atoms with E-state index < -0.39 is 0 Å². The summed E-state index contributed by atoms with van der Waals surface area (Å²) in [6.45, 7) is 13.2. The van der Waals surface area contributed by atoms with Crippen LogP contribution in [-0.2, 0) is 6.54 Å². The minimum atomic E-state index is 0.363. The van der Waals surface area contributed by atoms with Crippen LogP contribution in [0.2, 0.25) is 0 Å². The van der Waals surface area contributed by atoms with Gasteiger partial charge in [0.2, 0.25) is 0 Å². The molecule has 3 heterocycles. The van der Waals surface area contributed by atoms with Crippen molar-refractivity contribution in [3.8, 4) is 0 Å². The Balaban J connectivity index is 1.29. The molecule has 5 nitrogen and oxygen atoms in total. The lowest BCUT2D eigenvalue weighted by Crippen LogP contribution is -2.46. The zero-order valence-electron chi connectivity index (χ0n) is 16.6. The first-order valence-corrected chi connectivity index (χ1v) is 10.0. The third kappa shape index (κ3) is 4.14.